The van der Waals surface area contributed by atoms with Crippen molar-refractivity contribution in [2.24, 2.45) is 0 Å². The van der Waals surface area contributed by atoms with Crippen LogP contribution in [0.25, 0.3) is 11.1 Å². The molecule has 198 valence electrons. The summed E-state index contributed by atoms with van der Waals surface area (Å²) >= 11 is 0. The molecule has 0 aliphatic carbocycles. The Hall–Kier alpha value is -4.68. The lowest BCUT2D eigenvalue weighted by Crippen LogP contribution is -2.18. The molecule has 0 N–H and O–H groups in total. The molecule has 0 aliphatic rings. The highest BCUT2D eigenvalue weighted by molar-refractivity contribution is 5.62. The predicted octanol–water partition coefficient (Wildman–Crippen LogP) is 10.6. The monoisotopic (exact) mass is 518 g/mol. The molecule has 0 atom stereocenters. The standard InChI is InChI=1S/C15H16.C13H12.C12H10/c1-15(2,13-9-5-3-6-10-13)14-11-7-4-8-12-14;1-3-7-12(8-4-1)11-13-9-5-2-6-10-13;1-3-7-11(8-4-1)12-9-5-2-6-10-12/h3-12H,1-2H3;1-10H,11H2;1-10H. The van der Waals surface area contributed by atoms with E-state index in [1.165, 1.54) is 33.4 Å². The topological polar surface area (TPSA) is 0 Å². The summed E-state index contributed by atoms with van der Waals surface area (Å²) in [4.78, 5) is 0. The van der Waals surface area contributed by atoms with E-state index in [4.69, 9.17) is 0 Å². The molecule has 0 unspecified atom stereocenters. The predicted molar refractivity (Wildman–Crippen MR) is 173 cm³/mol. The minimum Gasteiger partial charge on any atom is -0.0622 e. The maximum Gasteiger partial charge on any atom is 0.0146 e. The van der Waals surface area contributed by atoms with Crippen LogP contribution in [0.2, 0.25) is 0 Å². The van der Waals surface area contributed by atoms with E-state index < -0.39 is 0 Å². The summed E-state index contributed by atoms with van der Waals surface area (Å²) in [5, 5.41) is 0. The molecule has 0 nitrogen and oxygen atoms in total. The van der Waals surface area contributed by atoms with Crippen molar-refractivity contribution >= 4 is 0 Å². The minimum atomic E-state index is 0.0858. The van der Waals surface area contributed by atoms with E-state index in [1.54, 1.807) is 0 Å². The first kappa shape index (κ1) is 28.3. The van der Waals surface area contributed by atoms with Crippen molar-refractivity contribution in [3.05, 3.63) is 204 Å². The van der Waals surface area contributed by atoms with Crippen molar-refractivity contribution in [2.75, 3.05) is 0 Å². The van der Waals surface area contributed by atoms with Crippen molar-refractivity contribution in [1.82, 2.24) is 0 Å². The molecule has 6 rings (SSSR count). The second-order valence-electron chi connectivity index (χ2n) is 10.2. The second-order valence-corrected chi connectivity index (χ2v) is 10.2. The molecule has 0 aliphatic heterocycles. The summed E-state index contributed by atoms with van der Waals surface area (Å²) in [7, 11) is 0. The first-order valence-electron chi connectivity index (χ1n) is 13.9. The first-order chi connectivity index (χ1) is 19.6. The van der Waals surface area contributed by atoms with Gasteiger partial charge in [0.2, 0.25) is 0 Å². The van der Waals surface area contributed by atoms with Crippen LogP contribution in [0.15, 0.2) is 182 Å². The van der Waals surface area contributed by atoms with Gasteiger partial charge in [0.05, 0.1) is 0 Å². The molecule has 40 heavy (non-hydrogen) atoms. The van der Waals surface area contributed by atoms with Crippen LogP contribution in [0.3, 0.4) is 0 Å². The Labute approximate surface area is 240 Å². The highest BCUT2D eigenvalue weighted by atomic mass is 14.2. The summed E-state index contributed by atoms with van der Waals surface area (Å²) in [5.74, 6) is 0. The number of hydrogen-bond acceptors (Lipinski definition) is 0. The Morgan fingerprint density at radius 2 is 0.575 bits per heavy atom. The van der Waals surface area contributed by atoms with Crippen LogP contribution in [0, 0.1) is 0 Å². The van der Waals surface area contributed by atoms with E-state index in [2.05, 4.69) is 184 Å². The van der Waals surface area contributed by atoms with Crippen LogP contribution in [0.5, 0.6) is 0 Å². The molecular weight excluding hydrogens is 480 g/mol. The zero-order valence-corrected chi connectivity index (χ0v) is 23.5. The van der Waals surface area contributed by atoms with Crippen molar-refractivity contribution in [2.45, 2.75) is 25.7 Å². The van der Waals surface area contributed by atoms with E-state index in [0.717, 1.165) is 6.42 Å². The summed E-state index contributed by atoms with van der Waals surface area (Å²) in [6.45, 7) is 4.52. The smallest absolute Gasteiger partial charge is 0.0146 e. The fourth-order valence-corrected chi connectivity index (χ4v) is 4.56. The van der Waals surface area contributed by atoms with E-state index in [1.807, 2.05) is 12.1 Å². The Morgan fingerprint density at radius 1 is 0.325 bits per heavy atom. The lowest BCUT2D eigenvalue weighted by Gasteiger charge is -2.25. The first-order valence-corrected chi connectivity index (χ1v) is 13.9. The van der Waals surface area contributed by atoms with Crippen molar-refractivity contribution in [3.63, 3.8) is 0 Å². The molecule has 0 spiro atoms. The molecule has 0 bridgehead atoms. The normalized spacial score (nSPS) is 10.3. The summed E-state index contributed by atoms with van der Waals surface area (Å²) in [5.41, 5.74) is 8.09. The number of hydrogen-bond donors (Lipinski definition) is 0. The number of benzene rings is 6. The van der Waals surface area contributed by atoms with Crippen LogP contribution >= 0.6 is 0 Å². The van der Waals surface area contributed by atoms with Crippen LogP contribution < -0.4 is 0 Å². The van der Waals surface area contributed by atoms with Crippen LogP contribution in [-0.4, -0.2) is 0 Å². The summed E-state index contributed by atoms with van der Waals surface area (Å²) in [6, 6.07) is 63.1. The second kappa shape index (κ2) is 15.0. The van der Waals surface area contributed by atoms with E-state index in [0.29, 0.717) is 0 Å². The fraction of sp³-hybridized carbons (Fsp3) is 0.100. The lowest BCUT2D eigenvalue weighted by molar-refractivity contribution is 0.641. The molecule has 0 heteroatoms. The molecule has 0 heterocycles. The maximum atomic E-state index is 2.26. The van der Waals surface area contributed by atoms with Gasteiger partial charge in [-0.25, -0.2) is 0 Å². The summed E-state index contributed by atoms with van der Waals surface area (Å²) in [6.07, 6.45) is 1.03. The van der Waals surface area contributed by atoms with Gasteiger partial charge in [0.25, 0.3) is 0 Å². The van der Waals surface area contributed by atoms with E-state index in [-0.39, 0.29) is 5.41 Å². The van der Waals surface area contributed by atoms with Gasteiger partial charge in [0.15, 0.2) is 0 Å². The lowest BCUT2D eigenvalue weighted by atomic mass is 9.78. The van der Waals surface area contributed by atoms with Crippen molar-refractivity contribution in [3.8, 4) is 11.1 Å². The van der Waals surface area contributed by atoms with Gasteiger partial charge >= 0.3 is 0 Å². The Morgan fingerprint density at radius 3 is 0.875 bits per heavy atom. The molecule has 0 radical (unpaired) electrons. The average Bonchev–Trinajstić information content (AvgIpc) is 3.04. The Bertz CT molecular complexity index is 1360. The van der Waals surface area contributed by atoms with Crippen molar-refractivity contribution < 1.29 is 0 Å². The molecule has 0 saturated heterocycles. The third-order valence-electron chi connectivity index (χ3n) is 6.97. The van der Waals surface area contributed by atoms with Crippen LogP contribution in [0.4, 0.5) is 0 Å². The fourth-order valence-electron chi connectivity index (χ4n) is 4.56. The van der Waals surface area contributed by atoms with Gasteiger partial charge in [-0.1, -0.05) is 196 Å². The van der Waals surface area contributed by atoms with Gasteiger partial charge in [-0.05, 0) is 39.8 Å². The highest BCUT2D eigenvalue weighted by Gasteiger charge is 2.21. The average molecular weight is 519 g/mol. The van der Waals surface area contributed by atoms with Crippen LogP contribution in [-0.2, 0) is 11.8 Å². The van der Waals surface area contributed by atoms with Crippen molar-refractivity contribution in [1.29, 1.82) is 0 Å². The highest BCUT2D eigenvalue weighted by Crippen LogP contribution is 2.30. The molecule has 0 amide bonds. The van der Waals surface area contributed by atoms with Crippen LogP contribution in [0.1, 0.15) is 36.1 Å². The Balaban J connectivity index is 0.000000140. The van der Waals surface area contributed by atoms with Gasteiger partial charge < -0.3 is 0 Å². The zero-order chi connectivity index (χ0) is 27.9. The van der Waals surface area contributed by atoms with Gasteiger partial charge in [-0.2, -0.15) is 0 Å². The molecule has 0 aromatic heterocycles. The molecule has 6 aromatic rings. The molecular formula is C40H38. The Kier molecular flexibility index (Phi) is 10.7. The van der Waals surface area contributed by atoms with Gasteiger partial charge in [0.1, 0.15) is 0 Å². The SMILES string of the molecule is CC(C)(c1ccccc1)c1ccccc1.c1ccc(-c2ccccc2)cc1.c1ccc(Cc2ccccc2)cc1. The van der Waals surface area contributed by atoms with E-state index >= 15 is 0 Å². The largest absolute Gasteiger partial charge is 0.0622 e. The molecule has 0 fully saturated rings. The van der Waals surface area contributed by atoms with Gasteiger partial charge in [-0.15, -0.1) is 0 Å². The third kappa shape index (κ3) is 8.68. The zero-order valence-electron chi connectivity index (χ0n) is 23.5. The summed E-state index contributed by atoms with van der Waals surface area (Å²) < 4.78 is 0. The number of rotatable bonds is 5. The quantitative estimate of drug-likeness (QED) is 0.213. The molecule has 6 aromatic carbocycles. The van der Waals surface area contributed by atoms with Gasteiger partial charge in [-0.3, -0.25) is 0 Å². The maximum absolute atomic E-state index is 2.26. The minimum absolute atomic E-state index is 0.0858. The molecule has 0 saturated carbocycles. The third-order valence-corrected chi connectivity index (χ3v) is 6.97. The van der Waals surface area contributed by atoms with E-state index in [9.17, 15) is 0 Å². The van der Waals surface area contributed by atoms with Gasteiger partial charge in [0, 0.05) is 5.41 Å².